The number of piperazine rings is 1. The fourth-order valence-electron chi connectivity index (χ4n) is 3.81. The van der Waals surface area contributed by atoms with E-state index in [-0.39, 0.29) is 24.8 Å². The molecule has 0 bridgehead atoms. The predicted molar refractivity (Wildman–Crippen MR) is 117 cm³/mol. The second-order valence-electron chi connectivity index (χ2n) is 7.36. The van der Waals surface area contributed by atoms with Crippen molar-refractivity contribution in [1.29, 1.82) is 0 Å². The Morgan fingerprint density at radius 2 is 1.61 bits per heavy atom. The molecule has 4 rings (SSSR count). The summed E-state index contributed by atoms with van der Waals surface area (Å²) in [6.07, 6.45) is 1.19. The normalized spacial score (nSPS) is 16.5. The van der Waals surface area contributed by atoms with Crippen molar-refractivity contribution in [3.8, 4) is 0 Å². The number of aliphatic hydroxyl groups is 1. The van der Waals surface area contributed by atoms with Crippen LogP contribution in [0.2, 0.25) is 0 Å². The van der Waals surface area contributed by atoms with E-state index in [4.69, 9.17) is 5.11 Å². The van der Waals surface area contributed by atoms with Gasteiger partial charge in [0.25, 0.3) is 17.7 Å². The first-order valence-corrected chi connectivity index (χ1v) is 10.2. The number of para-hydroxylation sites is 2. The lowest BCUT2D eigenvalue weighted by molar-refractivity contribution is -0.137. The summed E-state index contributed by atoms with van der Waals surface area (Å²) in [6.45, 7) is 2.28. The molecule has 0 aliphatic carbocycles. The van der Waals surface area contributed by atoms with Crippen LogP contribution in [0.25, 0.3) is 0 Å². The van der Waals surface area contributed by atoms with E-state index in [2.05, 4.69) is 22.3 Å². The first-order chi connectivity index (χ1) is 15.1. The van der Waals surface area contributed by atoms with E-state index in [0.717, 1.165) is 23.7 Å². The summed E-state index contributed by atoms with van der Waals surface area (Å²) >= 11 is 0. The van der Waals surface area contributed by atoms with Crippen LogP contribution in [0.5, 0.6) is 0 Å². The zero-order valence-electron chi connectivity index (χ0n) is 17.0. The van der Waals surface area contributed by atoms with Crippen molar-refractivity contribution in [2.45, 2.75) is 0 Å². The molecule has 2 aliphatic rings. The summed E-state index contributed by atoms with van der Waals surface area (Å²) in [5.74, 6) is -1.12. The number of nitrogens with zero attached hydrogens (tertiary/aromatic N) is 3. The van der Waals surface area contributed by atoms with E-state index in [1.54, 1.807) is 29.2 Å². The Hall–Kier alpha value is -3.65. The largest absolute Gasteiger partial charge is 0.395 e. The number of anilines is 2. The van der Waals surface area contributed by atoms with Crippen LogP contribution in [0.3, 0.4) is 0 Å². The molecule has 0 spiro atoms. The van der Waals surface area contributed by atoms with Gasteiger partial charge in [-0.2, -0.15) is 0 Å². The Bertz CT molecular complexity index is 1010. The summed E-state index contributed by atoms with van der Waals surface area (Å²) in [5, 5.41) is 12.0. The summed E-state index contributed by atoms with van der Waals surface area (Å²) in [6, 6.07) is 17.1. The molecule has 8 heteroatoms. The quantitative estimate of drug-likeness (QED) is 0.685. The third-order valence-corrected chi connectivity index (χ3v) is 5.45. The second kappa shape index (κ2) is 9.01. The summed E-state index contributed by atoms with van der Waals surface area (Å²) in [7, 11) is 0. The standard InChI is InChI=1S/C23H24N4O4/c28-15-14-27-21(29)16-20(23(27)31)24-19-9-5-4-8-18(19)22(30)26-12-10-25(11-13-26)17-6-2-1-3-7-17/h1-9,16,24,28H,10-15H2. The van der Waals surface area contributed by atoms with Gasteiger partial charge in [0.1, 0.15) is 5.70 Å². The fourth-order valence-corrected chi connectivity index (χ4v) is 3.81. The average molecular weight is 420 g/mol. The van der Waals surface area contributed by atoms with Gasteiger partial charge in [-0.1, -0.05) is 30.3 Å². The maximum absolute atomic E-state index is 13.2. The number of hydrogen-bond donors (Lipinski definition) is 2. The van der Waals surface area contributed by atoms with Gasteiger partial charge in [0.15, 0.2) is 0 Å². The second-order valence-corrected chi connectivity index (χ2v) is 7.36. The fraction of sp³-hybridized carbons (Fsp3) is 0.261. The van der Waals surface area contributed by atoms with E-state index in [9.17, 15) is 14.4 Å². The van der Waals surface area contributed by atoms with Gasteiger partial charge < -0.3 is 20.2 Å². The lowest BCUT2D eigenvalue weighted by Gasteiger charge is -2.36. The molecule has 8 nitrogen and oxygen atoms in total. The topological polar surface area (TPSA) is 93.2 Å². The number of carbonyl (C=O) groups excluding carboxylic acids is 3. The summed E-state index contributed by atoms with van der Waals surface area (Å²) in [5.41, 5.74) is 2.14. The maximum Gasteiger partial charge on any atom is 0.277 e. The van der Waals surface area contributed by atoms with Crippen molar-refractivity contribution in [1.82, 2.24) is 9.80 Å². The van der Waals surface area contributed by atoms with Crippen molar-refractivity contribution >= 4 is 29.1 Å². The van der Waals surface area contributed by atoms with Crippen molar-refractivity contribution in [3.63, 3.8) is 0 Å². The van der Waals surface area contributed by atoms with Crippen LogP contribution in [-0.2, 0) is 9.59 Å². The van der Waals surface area contributed by atoms with Gasteiger partial charge in [0.05, 0.1) is 24.4 Å². The lowest BCUT2D eigenvalue weighted by Crippen LogP contribution is -2.48. The molecule has 160 valence electrons. The first-order valence-electron chi connectivity index (χ1n) is 10.2. The molecule has 2 aromatic carbocycles. The van der Waals surface area contributed by atoms with Crippen LogP contribution in [0.1, 0.15) is 10.4 Å². The van der Waals surface area contributed by atoms with E-state index in [1.807, 2.05) is 18.2 Å². The Kier molecular flexibility index (Phi) is 5.99. The molecule has 31 heavy (non-hydrogen) atoms. The molecular weight excluding hydrogens is 396 g/mol. The number of aliphatic hydroxyl groups excluding tert-OH is 1. The molecule has 1 saturated heterocycles. The number of benzene rings is 2. The number of hydrogen-bond acceptors (Lipinski definition) is 6. The summed E-state index contributed by atoms with van der Waals surface area (Å²) < 4.78 is 0. The monoisotopic (exact) mass is 420 g/mol. The van der Waals surface area contributed by atoms with E-state index >= 15 is 0 Å². The van der Waals surface area contributed by atoms with E-state index in [1.165, 1.54) is 6.08 Å². The highest BCUT2D eigenvalue weighted by Gasteiger charge is 2.31. The van der Waals surface area contributed by atoms with Gasteiger partial charge in [0, 0.05) is 37.9 Å². The van der Waals surface area contributed by atoms with E-state index < -0.39 is 11.8 Å². The maximum atomic E-state index is 13.2. The van der Waals surface area contributed by atoms with Gasteiger partial charge in [-0.25, -0.2) is 0 Å². The van der Waals surface area contributed by atoms with Crippen LogP contribution in [0.4, 0.5) is 11.4 Å². The van der Waals surface area contributed by atoms with Gasteiger partial charge in [0.2, 0.25) is 0 Å². The molecule has 0 atom stereocenters. The van der Waals surface area contributed by atoms with Gasteiger partial charge in [-0.05, 0) is 24.3 Å². The Balaban J connectivity index is 1.45. The van der Waals surface area contributed by atoms with Crippen LogP contribution in [-0.4, -0.2) is 72.0 Å². The molecule has 1 fully saturated rings. The van der Waals surface area contributed by atoms with Gasteiger partial charge in [-0.15, -0.1) is 0 Å². The average Bonchev–Trinajstić information content (AvgIpc) is 3.07. The molecule has 0 unspecified atom stereocenters. The number of β-amino-alcohol motifs (C(OH)–C–C–N with tert-alkyl or cyclic N) is 1. The number of nitrogens with one attached hydrogen (secondary N) is 1. The van der Waals surface area contributed by atoms with Crippen molar-refractivity contribution in [2.24, 2.45) is 0 Å². The van der Waals surface area contributed by atoms with Crippen LogP contribution < -0.4 is 10.2 Å². The molecule has 3 amide bonds. The number of rotatable bonds is 6. The van der Waals surface area contributed by atoms with Crippen LogP contribution in [0.15, 0.2) is 66.4 Å². The third kappa shape index (κ3) is 4.29. The Labute approximate surface area is 180 Å². The molecule has 0 saturated carbocycles. The van der Waals surface area contributed by atoms with Crippen molar-refractivity contribution in [3.05, 3.63) is 71.9 Å². The van der Waals surface area contributed by atoms with Crippen LogP contribution >= 0.6 is 0 Å². The van der Waals surface area contributed by atoms with Gasteiger partial charge in [-0.3, -0.25) is 19.3 Å². The third-order valence-electron chi connectivity index (χ3n) is 5.45. The highest BCUT2D eigenvalue weighted by Crippen LogP contribution is 2.23. The highest BCUT2D eigenvalue weighted by atomic mass is 16.3. The molecule has 0 aromatic heterocycles. The molecule has 0 radical (unpaired) electrons. The van der Waals surface area contributed by atoms with E-state index in [0.29, 0.717) is 24.3 Å². The smallest absolute Gasteiger partial charge is 0.277 e. The minimum Gasteiger partial charge on any atom is -0.395 e. The van der Waals surface area contributed by atoms with Gasteiger partial charge >= 0.3 is 0 Å². The number of amides is 3. The zero-order chi connectivity index (χ0) is 21.8. The molecule has 2 aliphatic heterocycles. The number of imide groups is 1. The molecule has 2 aromatic rings. The predicted octanol–water partition coefficient (Wildman–Crippen LogP) is 1.31. The first kappa shape index (κ1) is 20.6. The van der Waals surface area contributed by atoms with Crippen LogP contribution in [0, 0.1) is 0 Å². The molecule has 2 N–H and O–H groups in total. The lowest BCUT2D eigenvalue weighted by atomic mass is 10.1. The van der Waals surface area contributed by atoms with Crippen molar-refractivity contribution in [2.75, 3.05) is 49.5 Å². The van der Waals surface area contributed by atoms with Crippen molar-refractivity contribution < 1.29 is 19.5 Å². The highest BCUT2D eigenvalue weighted by molar-refractivity contribution is 6.17. The Morgan fingerprint density at radius 3 is 2.32 bits per heavy atom. The minimum atomic E-state index is -0.516. The summed E-state index contributed by atoms with van der Waals surface area (Å²) in [4.78, 5) is 42.6. The molecular formula is C23H24N4O4. The Morgan fingerprint density at radius 1 is 0.935 bits per heavy atom. The zero-order valence-corrected chi connectivity index (χ0v) is 17.0. The molecule has 2 heterocycles. The number of carbonyl (C=O) groups is 3. The SMILES string of the molecule is O=C(c1ccccc1NC1=CC(=O)N(CCO)C1=O)N1CCN(c2ccccc2)CC1. The minimum absolute atomic E-state index is 0.0639.